The summed E-state index contributed by atoms with van der Waals surface area (Å²) in [7, 11) is 1.74. The van der Waals surface area contributed by atoms with Gasteiger partial charge in [-0.2, -0.15) is 0 Å². The van der Waals surface area contributed by atoms with Crippen LogP contribution in [0.15, 0.2) is 42.0 Å². The zero-order chi connectivity index (χ0) is 27.8. The van der Waals surface area contributed by atoms with E-state index < -0.39 is 34.9 Å². The molecule has 0 aromatic heterocycles. The first-order chi connectivity index (χ1) is 16.6. The minimum atomic E-state index is -0.982. The van der Waals surface area contributed by atoms with Gasteiger partial charge in [-0.1, -0.05) is 98.7 Å². The maximum absolute atomic E-state index is 13.5. The Hall–Kier alpha value is -2.67. The van der Waals surface area contributed by atoms with Crippen LogP contribution < -0.4 is 16.0 Å². The van der Waals surface area contributed by atoms with Gasteiger partial charge in [0.1, 0.15) is 6.04 Å². The Labute approximate surface area is 217 Å². The lowest BCUT2D eigenvalue weighted by atomic mass is 9.76. The van der Waals surface area contributed by atoms with Crippen molar-refractivity contribution in [1.29, 1.82) is 0 Å². The Bertz CT molecular complexity index is 916. The molecule has 36 heavy (non-hydrogen) atoms. The van der Waals surface area contributed by atoms with Crippen LogP contribution in [-0.4, -0.2) is 48.1 Å². The van der Waals surface area contributed by atoms with E-state index in [-0.39, 0.29) is 29.2 Å². The molecule has 1 aromatic rings. The van der Waals surface area contributed by atoms with Crippen LogP contribution in [0, 0.1) is 17.3 Å². The van der Waals surface area contributed by atoms with Crippen molar-refractivity contribution < 1.29 is 19.5 Å². The van der Waals surface area contributed by atoms with E-state index in [1.165, 1.54) is 0 Å². The molecular weight excluding hydrogens is 454 g/mol. The molecule has 1 unspecified atom stereocenters. The highest BCUT2D eigenvalue weighted by molar-refractivity contribution is 5.92. The number of carbonyl (C=O) groups excluding carboxylic acids is 2. The van der Waals surface area contributed by atoms with Crippen molar-refractivity contribution in [2.75, 3.05) is 7.05 Å². The van der Waals surface area contributed by atoms with Crippen molar-refractivity contribution in [3.8, 4) is 0 Å². The van der Waals surface area contributed by atoms with Crippen molar-refractivity contribution in [2.45, 2.75) is 92.3 Å². The second kappa shape index (κ2) is 13.0. The molecule has 0 spiro atoms. The summed E-state index contributed by atoms with van der Waals surface area (Å²) in [5, 5.41) is 18.8. The molecule has 0 heterocycles. The molecule has 0 radical (unpaired) electrons. The predicted molar refractivity (Wildman–Crippen MR) is 146 cm³/mol. The van der Waals surface area contributed by atoms with Crippen molar-refractivity contribution in [3.05, 3.63) is 47.5 Å². The van der Waals surface area contributed by atoms with E-state index in [1.54, 1.807) is 13.1 Å². The van der Waals surface area contributed by atoms with E-state index in [1.807, 2.05) is 92.6 Å². The highest BCUT2D eigenvalue weighted by atomic mass is 16.4. The number of rotatable bonds is 12. The molecule has 4 N–H and O–H groups in total. The highest BCUT2D eigenvalue weighted by Gasteiger charge is 2.40. The Balaban J connectivity index is 3.26. The third-order valence-corrected chi connectivity index (χ3v) is 6.98. The average Bonchev–Trinajstić information content (AvgIpc) is 2.79. The molecule has 2 amide bonds. The second-order valence-electron chi connectivity index (χ2n) is 11.6. The zero-order valence-corrected chi connectivity index (χ0v) is 23.7. The lowest BCUT2D eigenvalue weighted by Crippen LogP contribution is -2.61. The molecule has 0 aliphatic rings. The van der Waals surface area contributed by atoms with Crippen LogP contribution in [0.2, 0.25) is 0 Å². The van der Waals surface area contributed by atoms with Crippen molar-refractivity contribution in [3.63, 3.8) is 0 Å². The molecular formula is C29H47N3O4. The summed E-state index contributed by atoms with van der Waals surface area (Å²) >= 11 is 0. The molecule has 202 valence electrons. The summed E-state index contributed by atoms with van der Waals surface area (Å²) in [6.07, 6.45) is 2.33. The monoisotopic (exact) mass is 501 g/mol. The quantitative estimate of drug-likeness (QED) is 0.320. The summed E-state index contributed by atoms with van der Waals surface area (Å²) in [5.41, 5.74) is 0.182. The van der Waals surface area contributed by atoms with Crippen LogP contribution in [0.3, 0.4) is 0 Å². The van der Waals surface area contributed by atoms with Gasteiger partial charge in [-0.15, -0.1) is 0 Å². The normalized spacial score (nSPS) is 16.1. The van der Waals surface area contributed by atoms with Crippen LogP contribution in [0.4, 0.5) is 0 Å². The van der Waals surface area contributed by atoms with Gasteiger partial charge >= 0.3 is 5.97 Å². The Morgan fingerprint density at radius 2 is 1.44 bits per heavy atom. The van der Waals surface area contributed by atoms with Crippen LogP contribution in [0.25, 0.3) is 0 Å². The third-order valence-electron chi connectivity index (χ3n) is 6.98. The van der Waals surface area contributed by atoms with Crippen molar-refractivity contribution in [1.82, 2.24) is 16.0 Å². The maximum Gasteiger partial charge on any atom is 0.331 e. The van der Waals surface area contributed by atoms with Crippen LogP contribution in [0.5, 0.6) is 0 Å². The highest BCUT2D eigenvalue weighted by Crippen LogP contribution is 2.28. The van der Waals surface area contributed by atoms with Gasteiger partial charge in [0.15, 0.2) is 0 Å². The lowest BCUT2D eigenvalue weighted by molar-refractivity contribution is -0.134. The van der Waals surface area contributed by atoms with E-state index in [2.05, 4.69) is 16.0 Å². The first kappa shape index (κ1) is 31.4. The topological polar surface area (TPSA) is 108 Å². The Morgan fingerprint density at radius 3 is 1.86 bits per heavy atom. The number of nitrogens with one attached hydrogen (secondary N) is 3. The molecule has 4 atom stereocenters. The number of amides is 2. The summed E-state index contributed by atoms with van der Waals surface area (Å²) in [4.78, 5) is 38.9. The van der Waals surface area contributed by atoms with Crippen LogP contribution in [-0.2, 0) is 19.8 Å². The summed E-state index contributed by atoms with van der Waals surface area (Å²) in [5.74, 6) is -1.78. The molecule has 0 aliphatic heterocycles. The number of hydrogen-bond donors (Lipinski definition) is 4. The van der Waals surface area contributed by atoms with Gasteiger partial charge in [0, 0.05) is 11.0 Å². The molecule has 0 saturated heterocycles. The Kier molecular flexibility index (Phi) is 11.4. The molecule has 0 bridgehead atoms. The fraction of sp³-hybridized carbons (Fsp3) is 0.621. The van der Waals surface area contributed by atoms with Gasteiger partial charge in [0.2, 0.25) is 11.8 Å². The van der Waals surface area contributed by atoms with Gasteiger partial charge in [-0.05, 0) is 36.3 Å². The van der Waals surface area contributed by atoms with Crippen LogP contribution >= 0.6 is 0 Å². The minimum Gasteiger partial charge on any atom is -0.478 e. The molecule has 1 aromatic carbocycles. The van der Waals surface area contributed by atoms with Crippen molar-refractivity contribution >= 4 is 17.8 Å². The third kappa shape index (κ3) is 8.19. The smallest absolute Gasteiger partial charge is 0.331 e. The number of carboxylic acids is 1. The molecule has 0 saturated carbocycles. The molecule has 1 rings (SSSR count). The van der Waals surface area contributed by atoms with E-state index in [0.29, 0.717) is 6.42 Å². The fourth-order valence-corrected chi connectivity index (χ4v) is 4.26. The Morgan fingerprint density at radius 1 is 0.917 bits per heavy atom. The van der Waals surface area contributed by atoms with Gasteiger partial charge in [-0.3, -0.25) is 9.59 Å². The minimum absolute atomic E-state index is 0.0363. The number of carbonyl (C=O) groups is 3. The van der Waals surface area contributed by atoms with Crippen LogP contribution in [0.1, 0.15) is 74.3 Å². The number of carboxylic acid groups (broad SMARTS) is 1. The summed E-state index contributed by atoms with van der Waals surface area (Å²) in [6.45, 7) is 17.4. The largest absolute Gasteiger partial charge is 0.478 e. The molecule has 0 fully saturated rings. The second-order valence-corrected chi connectivity index (χ2v) is 11.6. The van der Waals surface area contributed by atoms with E-state index in [4.69, 9.17) is 0 Å². The SMILES string of the molecule is CCC(C)C(=C[C@@H](NC(=O)[C@@H](NC(=O)[C@@H](NC)C(C)(C)c1ccccc1)C(C)(C)C)C(C)C)C(=O)O. The number of likely N-dealkylation sites (N-methyl/N-ethyl adjacent to an activating group) is 1. The van der Waals surface area contributed by atoms with Gasteiger partial charge in [0.05, 0.1) is 12.1 Å². The molecule has 7 heteroatoms. The summed E-state index contributed by atoms with van der Waals surface area (Å²) in [6, 6.07) is 7.91. The predicted octanol–water partition coefficient (Wildman–Crippen LogP) is 4.28. The zero-order valence-electron chi connectivity index (χ0n) is 23.7. The standard InChI is InChI=1S/C29H47N3O4/c1-11-19(4)21(27(35)36)17-22(18(2)3)31-25(33)23(28(5,6)7)32-26(34)24(30-10)29(8,9)20-15-13-12-14-16-20/h12-19,22-24,30H,11H2,1-10H3,(H,31,33)(H,32,34)(H,35,36)/t19?,22-,23-,24-/m1/s1. The number of hydrogen-bond acceptors (Lipinski definition) is 4. The molecule has 0 aliphatic carbocycles. The van der Waals surface area contributed by atoms with Gasteiger partial charge in [0.25, 0.3) is 0 Å². The molecule has 7 nitrogen and oxygen atoms in total. The van der Waals surface area contributed by atoms with E-state index in [0.717, 1.165) is 5.56 Å². The lowest BCUT2D eigenvalue weighted by Gasteiger charge is -2.37. The average molecular weight is 502 g/mol. The first-order valence-corrected chi connectivity index (χ1v) is 12.9. The maximum atomic E-state index is 13.5. The first-order valence-electron chi connectivity index (χ1n) is 12.9. The number of aliphatic carboxylic acids is 1. The fourth-order valence-electron chi connectivity index (χ4n) is 4.26. The van der Waals surface area contributed by atoms with E-state index in [9.17, 15) is 19.5 Å². The summed E-state index contributed by atoms with van der Waals surface area (Å²) < 4.78 is 0. The van der Waals surface area contributed by atoms with Gasteiger partial charge in [-0.25, -0.2) is 4.79 Å². The number of benzene rings is 1. The van der Waals surface area contributed by atoms with E-state index >= 15 is 0 Å². The van der Waals surface area contributed by atoms with Gasteiger partial charge < -0.3 is 21.1 Å². The van der Waals surface area contributed by atoms with Crippen molar-refractivity contribution in [2.24, 2.45) is 17.3 Å².